The van der Waals surface area contributed by atoms with Gasteiger partial charge in [-0.1, -0.05) is 0 Å². The summed E-state index contributed by atoms with van der Waals surface area (Å²) in [5, 5.41) is 11.4. The quantitative estimate of drug-likeness (QED) is 0.726. The van der Waals surface area contributed by atoms with E-state index in [1.165, 1.54) is 0 Å². The van der Waals surface area contributed by atoms with Gasteiger partial charge in [0.1, 0.15) is 0 Å². The van der Waals surface area contributed by atoms with Crippen LogP contribution in [0.15, 0.2) is 18.2 Å². The van der Waals surface area contributed by atoms with Gasteiger partial charge in [-0.3, -0.25) is 0 Å². The van der Waals surface area contributed by atoms with Crippen molar-refractivity contribution in [3.63, 3.8) is 0 Å². The molecule has 0 spiro atoms. The van der Waals surface area contributed by atoms with Gasteiger partial charge in [0.15, 0.2) is 0 Å². The third kappa shape index (κ3) is 2.58. The zero-order valence-electron chi connectivity index (χ0n) is 11.9. The molecule has 3 rings (SSSR count). The molecule has 2 aromatic rings. The monoisotopic (exact) mass is 289 g/mol. The van der Waals surface area contributed by atoms with Crippen LogP contribution in [-0.2, 0) is 7.05 Å². The minimum Gasteiger partial charge on any atom is -0.465 e. The van der Waals surface area contributed by atoms with Crippen molar-refractivity contribution in [3.8, 4) is 0 Å². The van der Waals surface area contributed by atoms with Gasteiger partial charge in [0.25, 0.3) is 0 Å². The van der Waals surface area contributed by atoms with Crippen LogP contribution in [0.4, 0.5) is 16.4 Å². The number of rotatable bonds is 2. The van der Waals surface area contributed by atoms with Crippen molar-refractivity contribution >= 4 is 28.8 Å². The molecule has 7 heteroatoms. The van der Waals surface area contributed by atoms with Gasteiger partial charge in [-0.15, -0.1) is 0 Å². The maximum atomic E-state index is 10.8. The summed E-state index contributed by atoms with van der Waals surface area (Å²) >= 11 is 0. The number of aryl methyl sites for hydroxylation is 1. The number of piperidine rings is 1. The number of fused-ring (bicyclic) bond motifs is 1. The lowest BCUT2D eigenvalue weighted by Crippen LogP contribution is -2.48. The van der Waals surface area contributed by atoms with Crippen LogP contribution >= 0.6 is 0 Å². The summed E-state index contributed by atoms with van der Waals surface area (Å²) in [6.07, 6.45) is 0.829. The molecule has 21 heavy (non-hydrogen) atoms. The summed E-state index contributed by atoms with van der Waals surface area (Å²) in [7, 11) is 1.97. The Balaban J connectivity index is 1.89. The maximum absolute atomic E-state index is 10.8. The van der Waals surface area contributed by atoms with Gasteiger partial charge in [0.05, 0.1) is 11.0 Å². The number of carboxylic acid groups (broad SMARTS) is 1. The Hall–Kier alpha value is -2.44. The maximum Gasteiger partial charge on any atom is 0.404 e. The van der Waals surface area contributed by atoms with E-state index < -0.39 is 6.09 Å². The highest BCUT2D eigenvalue weighted by Crippen LogP contribution is 2.25. The van der Waals surface area contributed by atoms with Crippen molar-refractivity contribution < 1.29 is 9.90 Å². The van der Waals surface area contributed by atoms with Crippen LogP contribution in [0.5, 0.6) is 0 Å². The molecule has 1 unspecified atom stereocenters. The first kappa shape index (κ1) is 13.5. The summed E-state index contributed by atoms with van der Waals surface area (Å²) < 4.78 is 2.03. The van der Waals surface area contributed by atoms with Crippen molar-refractivity contribution in [1.29, 1.82) is 0 Å². The highest BCUT2D eigenvalue weighted by atomic mass is 16.4. The van der Waals surface area contributed by atoms with Gasteiger partial charge in [0, 0.05) is 31.9 Å². The van der Waals surface area contributed by atoms with Crippen LogP contribution in [0.2, 0.25) is 0 Å². The summed E-state index contributed by atoms with van der Waals surface area (Å²) in [5.41, 5.74) is 8.37. The van der Waals surface area contributed by atoms with Gasteiger partial charge < -0.3 is 25.6 Å². The Morgan fingerprint density at radius 3 is 3.10 bits per heavy atom. The van der Waals surface area contributed by atoms with E-state index in [2.05, 4.69) is 15.2 Å². The number of nitrogens with zero attached hydrogens (tertiary/aromatic N) is 3. The van der Waals surface area contributed by atoms with E-state index in [-0.39, 0.29) is 6.04 Å². The van der Waals surface area contributed by atoms with Gasteiger partial charge in [-0.25, -0.2) is 9.78 Å². The van der Waals surface area contributed by atoms with Crippen LogP contribution < -0.4 is 16.0 Å². The van der Waals surface area contributed by atoms with E-state index in [9.17, 15) is 4.79 Å². The summed E-state index contributed by atoms with van der Waals surface area (Å²) in [5.74, 6) is 0.854. The molecular weight excluding hydrogens is 270 g/mol. The Kier molecular flexibility index (Phi) is 3.32. The molecule has 7 nitrogen and oxygen atoms in total. The summed E-state index contributed by atoms with van der Waals surface area (Å²) in [6.45, 7) is 1.52. The lowest BCUT2D eigenvalue weighted by Gasteiger charge is -2.33. The van der Waals surface area contributed by atoms with E-state index in [0.717, 1.165) is 36.4 Å². The average molecular weight is 289 g/mol. The number of imidazole rings is 1. The molecule has 1 fully saturated rings. The topological polar surface area (TPSA) is 96.4 Å². The first-order valence-corrected chi connectivity index (χ1v) is 7.01. The summed E-state index contributed by atoms with van der Waals surface area (Å²) in [6, 6.07) is 5.62. The van der Waals surface area contributed by atoms with Crippen molar-refractivity contribution in [2.24, 2.45) is 7.05 Å². The number of aromatic nitrogens is 2. The number of hydrogen-bond donors (Lipinski definition) is 3. The number of nitrogen functional groups attached to an aromatic ring is 1. The second-order valence-corrected chi connectivity index (χ2v) is 5.45. The molecule has 4 N–H and O–H groups in total. The van der Waals surface area contributed by atoms with Gasteiger partial charge in [0.2, 0.25) is 5.95 Å². The number of hydrogen-bond acceptors (Lipinski definition) is 4. The highest BCUT2D eigenvalue weighted by molar-refractivity contribution is 5.82. The Morgan fingerprint density at radius 2 is 2.33 bits per heavy atom. The fourth-order valence-corrected chi connectivity index (χ4v) is 2.94. The SMILES string of the molecule is Cn1c(N2CCCC(NC(=O)O)C2)nc2cc(N)ccc21. The Morgan fingerprint density at radius 1 is 1.52 bits per heavy atom. The van der Waals surface area contributed by atoms with Crippen LogP contribution in [0, 0.1) is 0 Å². The van der Waals surface area contributed by atoms with E-state index in [1.807, 2.05) is 29.8 Å². The number of benzene rings is 1. The van der Waals surface area contributed by atoms with E-state index >= 15 is 0 Å². The molecule has 2 heterocycles. The number of anilines is 2. The predicted octanol–water partition coefficient (Wildman–Crippen LogP) is 1.39. The Bertz CT molecular complexity index is 681. The normalized spacial score (nSPS) is 18.9. The molecule has 0 saturated carbocycles. The average Bonchev–Trinajstić information content (AvgIpc) is 2.75. The van der Waals surface area contributed by atoms with Crippen molar-refractivity contribution in [1.82, 2.24) is 14.9 Å². The molecule has 1 aromatic heterocycles. The standard InChI is InChI=1S/C14H19N5O2/c1-18-12-5-4-9(15)7-11(12)17-13(18)19-6-2-3-10(8-19)16-14(20)21/h4-5,7,10,16H,2-3,6,8,15H2,1H3,(H,20,21). The van der Waals surface area contributed by atoms with E-state index in [1.54, 1.807) is 0 Å². The molecule has 1 amide bonds. The molecule has 1 aliphatic rings. The fourth-order valence-electron chi connectivity index (χ4n) is 2.94. The fraction of sp³-hybridized carbons (Fsp3) is 0.429. The molecule has 0 radical (unpaired) electrons. The first-order valence-electron chi connectivity index (χ1n) is 7.01. The third-order valence-electron chi connectivity index (χ3n) is 3.91. The molecule has 1 aliphatic heterocycles. The molecule has 1 saturated heterocycles. The van der Waals surface area contributed by atoms with Crippen LogP contribution in [0.1, 0.15) is 12.8 Å². The molecule has 0 bridgehead atoms. The number of carbonyl (C=O) groups is 1. The summed E-state index contributed by atoms with van der Waals surface area (Å²) in [4.78, 5) is 17.6. The van der Waals surface area contributed by atoms with E-state index in [4.69, 9.17) is 10.8 Å². The van der Waals surface area contributed by atoms with Crippen molar-refractivity contribution in [2.75, 3.05) is 23.7 Å². The number of nitrogens with one attached hydrogen (secondary N) is 1. The van der Waals surface area contributed by atoms with Crippen molar-refractivity contribution in [2.45, 2.75) is 18.9 Å². The highest BCUT2D eigenvalue weighted by Gasteiger charge is 2.24. The smallest absolute Gasteiger partial charge is 0.404 e. The molecule has 1 atom stereocenters. The van der Waals surface area contributed by atoms with Crippen molar-refractivity contribution in [3.05, 3.63) is 18.2 Å². The molecule has 112 valence electrons. The zero-order valence-corrected chi connectivity index (χ0v) is 11.9. The van der Waals surface area contributed by atoms with Gasteiger partial charge in [-0.05, 0) is 31.0 Å². The lowest BCUT2D eigenvalue weighted by atomic mass is 10.1. The molecule has 1 aromatic carbocycles. The minimum absolute atomic E-state index is 0.0545. The minimum atomic E-state index is -0.973. The molecular formula is C14H19N5O2. The van der Waals surface area contributed by atoms with E-state index in [0.29, 0.717) is 12.2 Å². The second kappa shape index (κ2) is 5.16. The zero-order chi connectivity index (χ0) is 15.0. The van der Waals surface area contributed by atoms with Crippen LogP contribution in [0.3, 0.4) is 0 Å². The first-order chi connectivity index (χ1) is 10.0. The van der Waals surface area contributed by atoms with Crippen LogP contribution in [-0.4, -0.2) is 39.9 Å². The third-order valence-corrected chi connectivity index (χ3v) is 3.91. The second-order valence-electron chi connectivity index (χ2n) is 5.45. The van der Waals surface area contributed by atoms with Gasteiger partial charge >= 0.3 is 6.09 Å². The van der Waals surface area contributed by atoms with Crippen LogP contribution in [0.25, 0.3) is 11.0 Å². The predicted molar refractivity (Wildman–Crippen MR) is 81.5 cm³/mol. The molecule has 0 aliphatic carbocycles. The Labute approximate surface area is 122 Å². The lowest BCUT2D eigenvalue weighted by molar-refractivity contribution is 0.188. The number of amides is 1. The van der Waals surface area contributed by atoms with Gasteiger partial charge in [-0.2, -0.15) is 0 Å². The number of nitrogens with two attached hydrogens (primary N) is 1. The largest absolute Gasteiger partial charge is 0.465 e.